The largest absolute Gasteiger partial charge is 0.422 e. The van der Waals surface area contributed by atoms with Crippen molar-refractivity contribution in [2.75, 3.05) is 5.32 Å². The minimum absolute atomic E-state index is 0.346. The third-order valence-corrected chi connectivity index (χ3v) is 3.94. The van der Waals surface area contributed by atoms with Crippen LogP contribution in [0.15, 0.2) is 68.9 Å². The van der Waals surface area contributed by atoms with Gasteiger partial charge in [-0.2, -0.15) is 5.10 Å². The smallest absolute Gasteiger partial charge is 0.345 e. The van der Waals surface area contributed by atoms with Crippen molar-refractivity contribution in [1.82, 2.24) is 5.43 Å². The van der Waals surface area contributed by atoms with Crippen molar-refractivity contribution in [1.29, 1.82) is 0 Å². The maximum absolute atomic E-state index is 12.1. The molecule has 5 nitrogen and oxygen atoms in total. The van der Waals surface area contributed by atoms with Crippen LogP contribution in [0.4, 0.5) is 5.69 Å². The minimum Gasteiger partial charge on any atom is -0.422 e. The van der Waals surface area contributed by atoms with Crippen molar-refractivity contribution in [2.24, 2.45) is 5.10 Å². The monoisotopic (exact) mass is 351 g/mol. The Kier molecular flexibility index (Phi) is 4.90. The van der Waals surface area contributed by atoms with Gasteiger partial charge < -0.3 is 9.73 Å². The highest BCUT2D eigenvalue weighted by Gasteiger charge is 2.08. The molecular weight excluding hydrogens is 334 g/mol. The summed E-state index contributed by atoms with van der Waals surface area (Å²) in [5, 5.41) is 8.45. The number of nitrogens with one attached hydrogen (secondary N) is 2. The van der Waals surface area contributed by atoms with E-state index in [1.54, 1.807) is 19.1 Å². The van der Waals surface area contributed by atoms with E-state index in [-0.39, 0.29) is 0 Å². The Morgan fingerprint density at radius 2 is 1.84 bits per heavy atom. The van der Waals surface area contributed by atoms with E-state index in [0.29, 0.717) is 22.0 Å². The molecule has 3 rings (SSSR count). The molecule has 0 bridgehead atoms. The van der Waals surface area contributed by atoms with Gasteiger partial charge in [0.05, 0.1) is 11.3 Å². The first-order valence-corrected chi connectivity index (χ1v) is 8.15. The molecule has 0 atom stereocenters. The van der Waals surface area contributed by atoms with E-state index in [1.807, 2.05) is 49.4 Å². The summed E-state index contributed by atoms with van der Waals surface area (Å²) in [6.45, 7) is 3.71. The van der Waals surface area contributed by atoms with Crippen LogP contribution in [0.1, 0.15) is 18.1 Å². The van der Waals surface area contributed by atoms with Gasteiger partial charge in [0.1, 0.15) is 5.58 Å². The van der Waals surface area contributed by atoms with Gasteiger partial charge in [0.15, 0.2) is 5.11 Å². The molecule has 0 saturated carbocycles. The fraction of sp³-hybridized carbons (Fsp3) is 0.105. The summed E-state index contributed by atoms with van der Waals surface area (Å²) in [5.74, 6) is 0. The topological polar surface area (TPSA) is 66.6 Å². The molecule has 0 fully saturated rings. The molecule has 0 aliphatic rings. The molecule has 0 aliphatic heterocycles. The Balaban J connectivity index is 1.77. The maximum Gasteiger partial charge on any atom is 0.345 e. The molecule has 1 aromatic heterocycles. The van der Waals surface area contributed by atoms with E-state index in [0.717, 1.165) is 16.6 Å². The van der Waals surface area contributed by atoms with Crippen LogP contribution < -0.4 is 16.4 Å². The van der Waals surface area contributed by atoms with E-state index < -0.39 is 5.63 Å². The van der Waals surface area contributed by atoms with Gasteiger partial charge in [-0.25, -0.2) is 4.79 Å². The molecule has 2 aromatic carbocycles. The molecular formula is C19H17N3O2S. The molecule has 0 saturated heterocycles. The first-order valence-electron chi connectivity index (χ1n) is 7.75. The quantitative estimate of drug-likeness (QED) is 0.325. The van der Waals surface area contributed by atoms with Crippen LogP contribution in [0.5, 0.6) is 0 Å². The lowest BCUT2D eigenvalue weighted by molar-refractivity contribution is 0.559. The van der Waals surface area contributed by atoms with Gasteiger partial charge in [0, 0.05) is 11.1 Å². The van der Waals surface area contributed by atoms with Crippen molar-refractivity contribution in [3.63, 3.8) is 0 Å². The standard InChI is InChI=1S/C19H17N3O2S/c1-12-7-3-5-9-16(12)20-19(25)22-21-13(2)15-11-14-8-4-6-10-17(14)24-18(15)23/h3-11H,1-2H3,(H2,20,22,25)/b21-13-. The van der Waals surface area contributed by atoms with Gasteiger partial charge in [-0.05, 0) is 49.8 Å². The molecule has 25 heavy (non-hydrogen) atoms. The number of hydrogen-bond donors (Lipinski definition) is 2. The van der Waals surface area contributed by atoms with Gasteiger partial charge in [0.25, 0.3) is 0 Å². The van der Waals surface area contributed by atoms with Crippen molar-refractivity contribution in [3.8, 4) is 0 Å². The lowest BCUT2D eigenvalue weighted by Gasteiger charge is -2.10. The summed E-state index contributed by atoms with van der Waals surface area (Å²) in [7, 11) is 0. The lowest BCUT2D eigenvalue weighted by atomic mass is 10.1. The summed E-state index contributed by atoms with van der Waals surface area (Å²) in [4.78, 5) is 12.1. The average molecular weight is 351 g/mol. The van der Waals surface area contributed by atoms with Crippen LogP contribution in [-0.2, 0) is 0 Å². The second kappa shape index (κ2) is 7.27. The molecule has 0 unspecified atom stereocenters. The number of thiocarbonyl (C=S) groups is 1. The highest BCUT2D eigenvalue weighted by molar-refractivity contribution is 7.80. The van der Waals surface area contributed by atoms with Gasteiger partial charge in [-0.3, -0.25) is 5.43 Å². The minimum atomic E-state index is -0.431. The number of aryl methyl sites for hydroxylation is 1. The number of hydrogen-bond acceptors (Lipinski definition) is 4. The number of benzene rings is 2. The fourth-order valence-corrected chi connectivity index (χ4v) is 2.53. The van der Waals surface area contributed by atoms with Crippen LogP contribution in [0.3, 0.4) is 0 Å². The second-order valence-electron chi connectivity index (χ2n) is 5.56. The number of anilines is 1. The average Bonchev–Trinajstić information content (AvgIpc) is 2.61. The molecule has 6 heteroatoms. The lowest BCUT2D eigenvalue weighted by Crippen LogP contribution is -2.26. The predicted octanol–water partition coefficient (Wildman–Crippen LogP) is 3.81. The van der Waals surface area contributed by atoms with Crippen molar-refractivity contribution in [3.05, 3.63) is 76.1 Å². The molecule has 0 radical (unpaired) electrons. The van der Waals surface area contributed by atoms with E-state index in [1.165, 1.54) is 0 Å². The second-order valence-corrected chi connectivity index (χ2v) is 5.97. The molecule has 0 spiro atoms. The Labute approximate surface area is 150 Å². The van der Waals surface area contributed by atoms with Crippen LogP contribution in [0.25, 0.3) is 11.0 Å². The van der Waals surface area contributed by atoms with Crippen LogP contribution in [0.2, 0.25) is 0 Å². The van der Waals surface area contributed by atoms with Gasteiger partial charge in [0.2, 0.25) is 0 Å². The first kappa shape index (κ1) is 16.9. The summed E-state index contributed by atoms with van der Waals surface area (Å²) < 4.78 is 5.32. The van der Waals surface area contributed by atoms with E-state index >= 15 is 0 Å². The van der Waals surface area contributed by atoms with Crippen LogP contribution >= 0.6 is 12.2 Å². The third kappa shape index (κ3) is 3.92. The van der Waals surface area contributed by atoms with Gasteiger partial charge >= 0.3 is 5.63 Å². The van der Waals surface area contributed by atoms with Crippen molar-refractivity contribution < 1.29 is 4.42 Å². The molecule has 3 aromatic rings. The Bertz CT molecular complexity index is 1020. The zero-order valence-corrected chi connectivity index (χ0v) is 14.7. The Morgan fingerprint density at radius 3 is 2.64 bits per heavy atom. The van der Waals surface area contributed by atoms with E-state index in [9.17, 15) is 4.79 Å². The van der Waals surface area contributed by atoms with Crippen LogP contribution in [0, 0.1) is 6.92 Å². The maximum atomic E-state index is 12.1. The van der Waals surface area contributed by atoms with Gasteiger partial charge in [-0.1, -0.05) is 36.4 Å². The SMILES string of the molecule is C/C(=N/NC(=S)Nc1ccccc1C)c1cc2ccccc2oc1=O. The number of nitrogens with zero attached hydrogens (tertiary/aromatic N) is 1. The number of para-hydroxylation sites is 2. The van der Waals surface area contributed by atoms with E-state index in [2.05, 4.69) is 15.8 Å². The summed E-state index contributed by atoms with van der Waals surface area (Å²) in [6.07, 6.45) is 0. The van der Waals surface area contributed by atoms with Crippen molar-refractivity contribution in [2.45, 2.75) is 13.8 Å². The predicted molar refractivity (Wildman–Crippen MR) is 105 cm³/mol. The molecule has 126 valence electrons. The van der Waals surface area contributed by atoms with E-state index in [4.69, 9.17) is 16.6 Å². The number of rotatable bonds is 3. The molecule has 1 heterocycles. The number of hydrazone groups is 1. The zero-order valence-electron chi connectivity index (χ0n) is 13.9. The highest BCUT2D eigenvalue weighted by atomic mass is 32.1. The third-order valence-electron chi connectivity index (χ3n) is 3.75. The van der Waals surface area contributed by atoms with Crippen molar-refractivity contribution >= 4 is 39.7 Å². The fourth-order valence-electron chi connectivity index (χ4n) is 2.37. The Morgan fingerprint density at radius 1 is 1.12 bits per heavy atom. The van der Waals surface area contributed by atoms with Crippen LogP contribution in [-0.4, -0.2) is 10.8 Å². The molecule has 2 N–H and O–H groups in total. The first-order chi connectivity index (χ1) is 12.0. The zero-order chi connectivity index (χ0) is 17.8. The summed E-state index contributed by atoms with van der Waals surface area (Å²) in [5.41, 5.74) is 5.74. The summed E-state index contributed by atoms with van der Waals surface area (Å²) in [6, 6.07) is 16.9. The Hall–Kier alpha value is -2.99. The molecule has 0 aliphatic carbocycles. The molecule has 0 amide bonds. The number of fused-ring (bicyclic) bond motifs is 1. The summed E-state index contributed by atoms with van der Waals surface area (Å²) >= 11 is 5.24. The highest BCUT2D eigenvalue weighted by Crippen LogP contribution is 2.14. The normalized spacial score (nSPS) is 11.4. The van der Waals surface area contributed by atoms with Gasteiger partial charge in [-0.15, -0.1) is 0 Å².